The predicted octanol–water partition coefficient (Wildman–Crippen LogP) is 4.31. The Morgan fingerprint density at radius 2 is 1.69 bits per heavy atom. The molecule has 2 saturated heterocycles. The number of pyridine rings is 1. The van der Waals surface area contributed by atoms with Crippen LogP contribution in [0, 0.1) is 5.82 Å². The Morgan fingerprint density at radius 3 is 2.37 bits per heavy atom. The Bertz CT molecular complexity index is 1190. The van der Waals surface area contributed by atoms with E-state index in [1.807, 2.05) is 28.5 Å². The average Bonchev–Trinajstić information content (AvgIpc) is 3.39. The summed E-state index contributed by atoms with van der Waals surface area (Å²) in [6, 6.07) is 10.1. The maximum atomic E-state index is 14.2. The number of thiazole rings is 1. The third-order valence-corrected chi connectivity index (χ3v) is 7.91. The molecule has 0 radical (unpaired) electrons. The number of hydrogen-bond acceptors (Lipinski definition) is 6. The molecule has 10 heteroatoms. The quantitative estimate of drug-likeness (QED) is 0.520. The molecule has 2 aliphatic rings. The number of rotatable bonds is 4. The summed E-state index contributed by atoms with van der Waals surface area (Å²) in [6.07, 6.45) is 3.20. The smallest absolute Gasteiger partial charge is 0.273 e. The topological polar surface area (TPSA) is 69.6 Å². The van der Waals surface area contributed by atoms with Gasteiger partial charge in [-0.05, 0) is 37.1 Å². The molecule has 0 aliphatic carbocycles. The van der Waals surface area contributed by atoms with Crippen LogP contribution in [0.3, 0.4) is 0 Å². The largest absolute Gasteiger partial charge is 0.353 e. The van der Waals surface area contributed by atoms with E-state index in [1.54, 1.807) is 11.1 Å². The highest BCUT2D eigenvalue weighted by atomic mass is 35.5. The van der Waals surface area contributed by atoms with Gasteiger partial charge in [-0.2, -0.15) is 0 Å². The lowest BCUT2D eigenvalue weighted by molar-refractivity contribution is 0.0708. The summed E-state index contributed by atoms with van der Waals surface area (Å²) in [5.74, 6) is 0.0651. The van der Waals surface area contributed by atoms with Crippen molar-refractivity contribution < 1.29 is 14.0 Å². The molecule has 2 amide bonds. The number of carbonyl (C=O) groups is 2. The van der Waals surface area contributed by atoms with Crippen molar-refractivity contribution in [2.24, 2.45) is 0 Å². The third kappa shape index (κ3) is 5.01. The van der Waals surface area contributed by atoms with Crippen molar-refractivity contribution in [1.82, 2.24) is 19.8 Å². The van der Waals surface area contributed by atoms with Crippen LogP contribution in [0.15, 0.2) is 48.0 Å². The number of anilines is 1. The maximum absolute atomic E-state index is 14.2. The van der Waals surface area contributed by atoms with Gasteiger partial charge < -0.3 is 14.7 Å². The highest BCUT2D eigenvalue weighted by Crippen LogP contribution is 2.32. The molecule has 35 heavy (non-hydrogen) atoms. The average molecular weight is 514 g/mol. The van der Waals surface area contributed by atoms with Gasteiger partial charge in [0.2, 0.25) is 0 Å². The molecule has 0 atom stereocenters. The zero-order chi connectivity index (χ0) is 24.4. The van der Waals surface area contributed by atoms with E-state index in [4.69, 9.17) is 11.6 Å². The van der Waals surface area contributed by atoms with Crippen molar-refractivity contribution in [2.75, 3.05) is 44.2 Å². The van der Waals surface area contributed by atoms with E-state index in [2.05, 4.69) is 14.9 Å². The molecule has 4 heterocycles. The van der Waals surface area contributed by atoms with Gasteiger partial charge in [-0.1, -0.05) is 23.7 Å². The van der Waals surface area contributed by atoms with E-state index < -0.39 is 5.82 Å². The van der Waals surface area contributed by atoms with E-state index in [0.717, 1.165) is 23.9 Å². The van der Waals surface area contributed by atoms with Gasteiger partial charge in [0.25, 0.3) is 11.8 Å². The molecular weight excluding hydrogens is 489 g/mol. The van der Waals surface area contributed by atoms with Gasteiger partial charge in [-0.15, -0.1) is 11.3 Å². The number of hydrogen-bond donors (Lipinski definition) is 0. The summed E-state index contributed by atoms with van der Waals surface area (Å²) in [6.45, 7) is 3.71. The van der Waals surface area contributed by atoms with Crippen LogP contribution in [0.25, 0.3) is 0 Å². The van der Waals surface area contributed by atoms with Crippen LogP contribution in [-0.2, 0) is 0 Å². The molecule has 1 aromatic carbocycles. The van der Waals surface area contributed by atoms with Crippen LogP contribution in [0.5, 0.6) is 0 Å². The second kappa shape index (κ2) is 10.3. The SMILES string of the molecule is O=C(c1csc(C2CCN(C(=O)c3c(F)cccc3Cl)CC2)n1)N1CCN(c2ccccn2)CC1. The molecule has 2 aromatic heterocycles. The molecule has 0 unspecified atom stereocenters. The first-order valence-corrected chi connectivity index (χ1v) is 12.9. The first-order chi connectivity index (χ1) is 17.0. The molecule has 7 nitrogen and oxygen atoms in total. The number of aromatic nitrogens is 2. The normalized spacial score (nSPS) is 17.0. The number of benzene rings is 1. The molecule has 182 valence electrons. The second-order valence-corrected chi connectivity index (χ2v) is 10.00. The highest BCUT2D eigenvalue weighted by molar-refractivity contribution is 7.09. The Morgan fingerprint density at radius 1 is 0.943 bits per heavy atom. The van der Waals surface area contributed by atoms with Crippen molar-refractivity contribution in [2.45, 2.75) is 18.8 Å². The fraction of sp³-hybridized carbons (Fsp3) is 0.360. The van der Waals surface area contributed by atoms with Gasteiger partial charge in [0.1, 0.15) is 17.3 Å². The van der Waals surface area contributed by atoms with E-state index in [9.17, 15) is 14.0 Å². The fourth-order valence-corrected chi connectivity index (χ4v) is 5.81. The fourth-order valence-electron chi connectivity index (χ4n) is 4.60. The number of halogens is 2. The predicted molar refractivity (Wildman–Crippen MR) is 134 cm³/mol. The van der Waals surface area contributed by atoms with E-state index in [1.165, 1.54) is 29.5 Å². The summed E-state index contributed by atoms with van der Waals surface area (Å²) < 4.78 is 14.2. The number of nitrogens with zero attached hydrogens (tertiary/aromatic N) is 5. The molecule has 3 aromatic rings. The Balaban J connectivity index is 1.16. The second-order valence-electron chi connectivity index (χ2n) is 8.70. The van der Waals surface area contributed by atoms with Gasteiger partial charge in [0.15, 0.2) is 0 Å². The summed E-state index contributed by atoms with van der Waals surface area (Å²) in [4.78, 5) is 40.5. The van der Waals surface area contributed by atoms with Gasteiger partial charge in [0, 0.05) is 56.8 Å². The van der Waals surface area contributed by atoms with Gasteiger partial charge in [-0.25, -0.2) is 14.4 Å². The summed E-state index contributed by atoms with van der Waals surface area (Å²) >= 11 is 7.56. The molecular formula is C25H25ClFN5O2S. The lowest BCUT2D eigenvalue weighted by Crippen LogP contribution is -2.49. The first kappa shape index (κ1) is 23.7. The van der Waals surface area contributed by atoms with E-state index >= 15 is 0 Å². The molecule has 0 N–H and O–H groups in total. The van der Waals surface area contributed by atoms with Crippen LogP contribution in [0.4, 0.5) is 10.2 Å². The third-order valence-electron chi connectivity index (χ3n) is 6.59. The maximum Gasteiger partial charge on any atom is 0.273 e. The lowest BCUT2D eigenvalue weighted by atomic mass is 9.97. The number of likely N-dealkylation sites (tertiary alicyclic amines) is 1. The minimum atomic E-state index is -0.603. The molecule has 5 rings (SSSR count). The van der Waals surface area contributed by atoms with Crippen LogP contribution in [0.1, 0.15) is 44.6 Å². The first-order valence-electron chi connectivity index (χ1n) is 11.6. The summed E-state index contributed by atoms with van der Waals surface area (Å²) in [5, 5.41) is 2.87. The summed E-state index contributed by atoms with van der Waals surface area (Å²) in [7, 11) is 0. The Kier molecular flexibility index (Phi) is 6.97. The molecule has 0 spiro atoms. The summed E-state index contributed by atoms with van der Waals surface area (Å²) in [5.41, 5.74) is 0.408. The van der Waals surface area contributed by atoms with Gasteiger partial charge in [0.05, 0.1) is 15.6 Å². The molecule has 2 fully saturated rings. The van der Waals surface area contributed by atoms with Crippen LogP contribution >= 0.6 is 22.9 Å². The van der Waals surface area contributed by atoms with Crippen molar-refractivity contribution in [1.29, 1.82) is 0 Å². The molecule has 0 saturated carbocycles. The lowest BCUT2D eigenvalue weighted by Gasteiger charge is -2.35. The zero-order valence-corrected chi connectivity index (χ0v) is 20.6. The number of piperidine rings is 1. The van der Waals surface area contributed by atoms with Gasteiger partial charge in [-0.3, -0.25) is 9.59 Å². The highest BCUT2D eigenvalue weighted by Gasteiger charge is 2.30. The van der Waals surface area contributed by atoms with Crippen molar-refractivity contribution >= 4 is 40.6 Å². The number of piperazine rings is 1. The van der Waals surface area contributed by atoms with Crippen LogP contribution in [0.2, 0.25) is 5.02 Å². The van der Waals surface area contributed by atoms with Crippen molar-refractivity contribution in [3.05, 3.63) is 75.1 Å². The van der Waals surface area contributed by atoms with Crippen molar-refractivity contribution in [3.8, 4) is 0 Å². The zero-order valence-electron chi connectivity index (χ0n) is 19.1. The van der Waals surface area contributed by atoms with E-state index in [-0.39, 0.29) is 28.3 Å². The van der Waals surface area contributed by atoms with Crippen LogP contribution < -0.4 is 4.90 Å². The number of carbonyl (C=O) groups excluding carboxylic acids is 2. The minimum Gasteiger partial charge on any atom is -0.353 e. The Hall–Kier alpha value is -3.04. The minimum absolute atomic E-state index is 0.0463. The Labute approximate surface area is 212 Å². The van der Waals surface area contributed by atoms with E-state index in [0.29, 0.717) is 44.7 Å². The van der Waals surface area contributed by atoms with Crippen molar-refractivity contribution in [3.63, 3.8) is 0 Å². The standard InChI is InChI=1S/C25H25ClFN5O2S/c26-18-4-3-5-19(27)22(18)25(34)31-10-7-17(8-11-31)23-29-20(16-35-23)24(33)32-14-12-30(13-15-32)21-6-1-2-9-28-21/h1-6,9,16-17H,7-8,10-15H2. The molecule has 2 aliphatic heterocycles. The molecule has 0 bridgehead atoms. The van der Waals surface area contributed by atoms with Gasteiger partial charge >= 0.3 is 0 Å². The van der Waals surface area contributed by atoms with Crippen LogP contribution in [-0.4, -0.2) is 70.9 Å². The number of amides is 2. The monoisotopic (exact) mass is 513 g/mol.